The maximum Gasteiger partial charge on any atom is 0.166 e. The minimum Gasteiger partial charge on any atom is -0.607 e. The molecule has 0 saturated carbocycles. The van der Waals surface area contributed by atoms with Crippen molar-refractivity contribution in [3.8, 4) is 0 Å². The first-order valence-electron chi connectivity index (χ1n) is 10.4. The van der Waals surface area contributed by atoms with Gasteiger partial charge >= 0.3 is 0 Å². The number of nitrogens with zero attached hydrogens (tertiary/aromatic N) is 1. The van der Waals surface area contributed by atoms with Crippen LogP contribution in [0.3, 0.4) is 0 Å². The number of hydrogen-bond donors (Lipinski definition) is 0. The molecule has 0 fully saturated rings. The minimum absolute atomic E-state index is 0.829. The summed E-state index contributed by atoms with van der Waals surface area (Å²) in [5.74, 6) is 0. The van der Waals surface area contributed by atoms with Crippen molar-refractivity contribution in [2.24, 2.45) is 4.99 Å². The van der Waals surface area contributed by atoms with Gasteiger partial charge in [-0.1, -0.05) is 60.7 Å². The summed E-state index contributed by atoms with van der Waals surface area (Å²) in [6, 6.07) is 20.9. The fourth-order valence-corrected chi connectivity index (χ4v) is 5.30. The van der Waals surface area contributed by atoms with Gasteiger partial charge < -0.3 is 4.55 Å². The molecule has 2 nitrogen and oxygen atoms in total. The van der Waals surface area contributed by atoms with Crippen molar-refractivity contribution in [1.29, 1.82) is 0 Å². The molecule has 0 amide bonds. The molecule has 3 aliphatic rings. The molecule has 0 bridgehead atoms. The van der Waals surface area contributed by atoms with Crippen molar-refractivity contribution < 1.29 is 4.55 Å². The molecule has 3 aromatic rings. The van der Waals surface area contributed by atoms with Crippen LogP contribution in [-0.2, 0) is 24.0 Å². The number of rotatable bonds is 0. The van der Waals surface area contributed by atoms with Crippen molar-refractivity contribution in [3.05, 3.63) is 110 Å². The third-order valence-electron chi connectivity index (χ3n) is 5.86. The van der Waals surface area contributed by atoms with E-state index >= 15 is 0 Å². The lowest BCUT2D eigenvalue weighted by molar-refractivity contribution is 0.603. The van der Waals surface area contributed by atoms with Crippen molar-refractivity contribution in [3.63, 3.8) is 0 Å². The van der Waals surface area contributed by atoms with Crippen LogP contribution in [0.15, 0.2) is 82.2 Å². The standard InChI is InChI=1S/C18H16.C9H7NOS/c1-3-7-15-13(5-1)9-11-18-16-8-4-2-6-14(16)10-12-17(15)18;11-12-6-5-10-7-8-3-1-2-4-9(8)12/h1,3,5-7,9-10,12H,2,4,8,11H2;1-7H. The largest absolute Gasteiger partial charge is 0.607 e. The first-order chi connectivity index (χ1) is 14.8. The second-order valence-electron chi connectivity index (χ2n) is 7.65. The van der Waals surface area contributed by atoms with Crippen LogP contribution >= 0.6 is 0 Å². The van der Waals surface area contributed by atoms with Crippen molar-refractivity contribution in [2.75, 3.05) is 0 Å². The van der Waals surface area contributed by atoms with E-state index in [2.05, 4.69) is 53.5 Å². The number of fused-ring (bicyclic) bond motifs is 5. The van der Waals surface area contributed by atoms with E-state index in [4.69, 9.17) is 0 Å². The Bertz CT molecular complexity index is 1370. The van der Waals surface area contributed by atoms with Crippen LogP contribution in [0.2, 0.25) is 0 Å². The first-order valence-corrected chi connectivity index (χ1v) is 11.6. The van der Waals surface area contributed by atoms with Crippen LogP contribution in [0.4, 0.5) is 0 Å². The Morgan fingerprint density at radius 2 is 1.67 bits per heavy atom. The predicted octanol–water partition coefficient (Wildman–Crippen LogP) is 4.12. The summed E-state index contributed by atoms with van der Waals surface area (Å²) in [4.78, 5) is 4.79. The van der Waals surface area contributed by atoms with E-state index in [1.807, 2.05) is 24.3 Å². The van der Waals surface area contributed by atoms with E-state index in [9.17, 15) is 4.55 Å². The van der Waals surface area contributed by atoms with Gasteiger partial charge in [0, 0.05) is 23.0 Å². The quantitative estimate of drug-likeness (QED) is 0.514. The van der Waals surface area contributed by atoms with Gasteiger partial charge in [0.1, 0.15) is 5.41 Å². The molecule has 0 N–H and O–H groups in total. The second-order valence-corrected chi connectivity index (χ2v) is 8.96. The highest BCUT2D eigenvalue weighted by atomic mass is 32.2. The molecule has 0 saturated heterocycles. The van der Waals surface area contributed by atoms with Crippen molar-refractivity contribution in [1.82, 2.24) is 0 Å². The molecule has 0 radical (unpaired) electrons. The van der Waals surface area contributed by atoms with Gasteiger partial charge in [0.05, 0.1) is 6.20 Å². The van der Waals surface area contributed by atoms with E-state index in [1.54, 1.807) is 28.9 Å². The summed E-state index contributed by atoms with van der Waals surface area (Å²) in [5, 5.41) is 7.33. The molecule has 30 heavy (non-hydrogen) atoms. The maximum atomic E-state index is 11.4. The zero-order valence-electron chi connectivity index (χ0n) is 16.8. The van der Waals surface area contributed by atoms with E-state index < -0.39 is 11.2 Å². The highest BCUT2D eigenvalue weighted by molar-refractivity contribution is 7.94. The Labute approximate surface area is 179 Å². The second kappa shape index (κ2) is 8.47. The minimum atomic E-state index is -1.04. The molecule has 0 spiro atoms. The molecule has 1 heterocycles. The first kappa shape index (κ1) is 19.1. The lowest BCUT2D eigenvalue weighted by Crippen LogP contribution is -2.19. The Morgan fingerprint density at radius 3 is 2.63 bits per heavy atom. The molecule has 1 atom stereocenters. The van der Waals surface area contributed by atoms with Gasteiger partial charge in [-0.2, -0.15) is 0 Å². The third kappa shape index (κ3) is 3.67. The average Bonchev–Trinajstić information content (AvgIpc) is 3.00. The van der Waals surface area contributed by atoms with E-state index in [0.29, 0.717) is 0 Å². The Hall–Kier alpha value is -2.88. The number of benzene rings is 3. The van der Waals surface area contributed by atoms with Crippen LogP contribution in [-0.4, -0.2) is 10.8 Å². The number of hydrogen-bond acceptors (Lipinski definition) is 2. The van der Waals surface area contributed by atoms with Crippen molar-refractivity contribution >= 4 is 29.5 Å². The fraction of sp³-hybridized carbons (Fsp3) is 0.148. The zero-order chi connectivity index (χ0) is 20.3. The maximum absolute atomic E-state index is 11.4. The van der Waals surface area contributed by atoms with Gasteiger partial charge in [0.25, 0.3) is 0 Å². The van der Waals surface area contributed by atoms with Crippen molar-refractivity contribution in [2.45, 2.75) is 30.6 Å². The molecular weight excluding hydrogens is 386 g/mol. The highest BCUT2D eigenvalue weighted by Gasteiger charge is 2.13. The molecule has 3 aromatic carbocycles. The van der Waals surface area contributed by atoms with Crippen LogP contribution in [0.5, 0.6) is 0 Å². The molecule has 1 aliphatic heterocycles. The summed E-state index contributed by atoms with van der Waals surface area (Å²) in [5.41, 5.74) is 4.10. The Morgan fingerprint density at radius 1 is 0.800 bits per heavy atom. The smallest absolute Gasteiger partial charge is 0.166 e. The van der Waals surface area contributed by atoms with E-state index in [-0.39, 0.29) is 0 Å². The lowest BCUT2D eigenvalue weighted by Gasteiger charge is -2.16. The summed E-state index contributed by atoms with van der Waals surface area (Å²) in [6.07, 6.45) is 13.0. The molecule has 1 unspecified atom stereocenters. The van der Waals surface area contributed by atoms with Gasteiger partial charge in [-0.05, 0) is 69.8 Å². The monoisotopic (exact) mass is 409 g/mol. The van der Waals surface area contributed by atoms with Crippen LogP contribution in [0.25, 0.3) is 12.2 Å². The molecular formula is C27H23NOS. The summed E-state index contributed by atoms with van der Waals surface area (Å²) < 4.78 is 11.4. The zero-order valence-corrected chi connectivity index (χ0v) is 17.6. The van der Waals surface area contributed by atoms with Gasteiger partial charge in [0.2, 0.25) is 0 Å². The molecule has 3 heteroatoms. The molecule has 2 aliphatic carbocycles. The van der Waals surface area contributed by atoms with Gasteiger partial charge in [0.15, 0.2) is 4.90 Å². The van der Waals surface area contributed by atoms with Gasteiger partial charge in [-0.15, -0.1) is 0 Å². The highest BCUT2D eigenvalue weighted by Crippen LogP contribution is 2.18. The SMILES string of the molecule is C1=c2ccc3c(c2CCC1)CC=c1ccccc1=3.[O-][S+]1C=CN=Cc2ccccc21. The molecule has 6 rings (SSSR count). The third-order valence-corrected chi connectivity index (χ3v) is 7.03. The lowest BCUT2D eigenvalue weighted by atomic mass is 9.89. The summed E-state index contributed by atoms with van der Waals surface area (Å²) in [6.45, 7) is 0. The number of aliphatic imine (C=N–C) groups is 1. The van der Waals surface area contributed by atoms with Crippen LogP contribution < -0.4 is 10.4 Å². The normalized spacial score (nSPS) is 17.6. The average molecular weight is 410 g/mol. The van der Waals surface area contributed by atoms with E-state index in [1.165, 1.54) is 40.1 Å². The fourth-order valence-electron chi connectivity index (χ4n) is 4.41. The Kier molecular flexibility index (Phi) is 5.39. The van der Waals surface area contributed by atoms with Gasteiger partial charge in [-0.3, -0.25) is 4.99 Å². The van der Waals surface area contributed by atoms with Crippen LogP contribution in [0.1, 0.15) is 29.5 Å². The van der Waals surface area contributed by atoms with E-state index in [0.717, 1.165) is 16.9 Å². The van der Waals surface area contributed by atoms with Gasteiger partial charge in [-0.25, -0.2) is 0 Å². The Balaban J connectivity index is 0.000000140. The summed E-state index contributed by atoms with van der Waals surface area (Å²) >= 11 is -1.04. The predicted molar refractivity (Wildman–Crippen MR) is 125 cm³/mol. The molecule has 148 valence electrons. The topological polar surface area (TPSA) is 35.4 Å². The summed E-state index contributed by atoms with van der Waals surface area (Å²) in [7, 11) is 0. The molecule has 0 aromatic heterocycles. The van der Waals surface area contributed by atoms with Crippen LogP contribution in [0, 0.1) is 10.4 Å².